The average molecular weight is 385 g/mol. The molecule has 2 aliphatic rings. The molecule has 1 aliphatic heterocycles. The van der Waals surface area contributed by atoms with Crippen LogP contribution >= 0.6 is 23.2 Å². The number of nitrogens with zero attached hydrogens (tertiary/aromatic N) is 2. The molecule has 1 heterocycles. The molecule has 1 aromatic rings. The van der Waals surface area contributed by atoms with Gasteiger partial charge in [-0.2, -0.15) is 0 Å². The first-order valence-electron chi connectivity index (χ1n) is 8.61. The number of hydrogen-bond acceptors (Lipinski definition) is 4. The largest absolute Gasteiger partial charge is 0.393 e. The Morgan fingerprint density at radius 2 is 2.00 bits per heavy atom. The van der Waals surface area contributed by atoms with Gasteiger partial charge in [0.1, 0.15) is 0 Å². The summed E-state index contributed by atoms with van der Waals surface area (Å²) in [7, 11) is 0. The average Bonchev–Trinajstić information content (AvgIpc) is 2.57. The number of aliphatic hydroxyl groups is 1. The highest BCUT2D eigenvalue weighted by Gasteiger charge is 2.37. The monoisotopic (exact) mass is 384 g/mol. The van der Waals surface area contributed by atoms with Crippen LogP contribution in [0.4, 0.5) is 0 Å². The van der Waals surface area contributed by atoms with Gasteiger partial charge in [0.25, 0.3) is 0 Å². The van der Waals surface area contributed by atoms with Gasteiger partial charge in [0.2, 0.25) is 6.04 Å². The van der Waals surface area contributed by atoms with Crippen LogP contribution in [0.5, 0.6) is 0 Å². The Labute approximate surface area is 157 Å². The molecule has 3 rings (SSSR count). The van der Waals surface area contributed by atoms with Gasteiger partial charge in [0.05, 0.1) is 12.0 Å². The summed E-state index contributed by atoms with van der Waals surface area (Å²) < 4.78 is 0. The Hall–Kier alpha value is -1.14. The van der Waals surface area contributed by atoms with Gasteiger partial charge in [0, 0.05) is 41.0 Å². The maximum atomic E-state index is 11.7. The number of aliphatic hydroxyl groups excluding tert-OH is 1. The normalized spacial score (nSPS) is 25.6. The zero-order valence-corrected chi connectivity index (χ0v) is 15.4. The minimum Gasteiger partial charge on any atom is -0.393 e. The molecule has 2 unspecified atom stereocenters. The second-order valence-electron chi connectivity index (χ2n) is 6.93. The fraction of sp³-hybridized carbons (Fsp3) is 0.556. The summed E-state index contributed by atoms with van der Waals surface area (Å²) in [5.74, 6) is -0.230. The molecular formula is C18H22Cl2N2O3. The molecule has 1 aliphatic carbocycles. The van der Waals surface area contributed by atoms with Crippen molar-refractivity contribution < 1.29 is 10.0 Å². The first kappa shape index (κ1) is 18.6. The lowest BCUT2D eigenvalue weighted by molar-refractivity contribution is -0.527. The van der Waals surface area contributed by atoms with Crippen LogP contribution in [-0.4, -0.2) is 46.7 Å². The van der Waals surface area contributed by atoms with Crippen molar-refractivity contribution in [3.63, 3.8) is 0 Å². The Kier molecular flexibility index (Phi) is 6.00. The molecule has 0 saturated carbocycles. The highest BCUT2D eigenvalue weighted by Crippen LogP contribution is 2.38. The van der Waals surface area contributed by atoms with Crippen LogP contribution in [0.15, 0.2) is 29.8 Å². The van der Waals surface area contributed by atoms with Gasteiger partial charge in [-0.05, 0) is 37.0 Å². The smallest absolute Gasteiger partial charge is 0.223 e. The van der Waals surface area contributed by atoms with E-state index in [0.717, 1.165) is 43.6 Å². The molecule has 1 N–H and O–H groups in total. The number of nitro groups is 1. The van der Waals surface area contributed by atoms with E-state index in [2.05, 4.69) is 11.0 Å². The molecule has 0 spiro atoms. The lowest BCUT2D eigenvalue weighted by Gasteiger charge is -2.32. The highest BCUT2D eigenvalue weighted by atomic mass is 35.5. The molecule has 25 heavy (non-hydrogen) atoms. The predicted molar refractivity (Wildman–Crippen MR) is 99.0 cm³/mol. The van der Waals surface area contributed by atoms with Gasteiger partial charge in [0.15, 0.2) is 0 Å². The molecule has 0 aromatic heterocycles. The molecule has 7 heteroatoms. The number of allylic oxidation sites excluding steroid dienone is 1. The predicted octanol–water partition coefficient (Wildman–Crippen LogP) is 3.90. The van der Waals surface area contributed by atoms with Gasteiger partial charge in [-0.15, -0.1) is 0 Å². The number of likely N-dealkylation sites (tertiary alicyclic amines) is 1. The summed E-state index contributed by atoms with van der Waals surface area (Å²) in [6, 6.07) is 4.51. The van der Waals surface area contributed by atoms with E-state index in [0.29, 0.717) is 22.9 Å². The summed E-state index contributed by atoms with van der Waals surface area (Å²) in [6.45, 7) is 2.43. The van der Waals surface area contributed by atoms with Crippen LogP contribution in [0, 0.1) is 10.1 Å². The van der Waals surface area contributed by atoms with Crippen molar-refractivity contribution in [2.45, 2.75) is 43.7 Å². The maximum absolute atomic E-state index is 11.7. The molecule has 0 amide bonds. The molecule has 2 atom stereocenters. The maximum Gasteiger partial charge on any atom is 0.223 e. The number of piperidine rings is 1. The van der Waals surface area contributed by atoms with E-state index in [1.165, 1.54) is 0 Å². The van der Waals surface area contributed by atoms with E-state index >= 15 is 0 Å². The van der Waals surface area contributed by atoms with Crippen LogP contribution in [0.3, 0.4) is 0 Å². The van der Waals surface area contributed by atoms with E-state index < -0.39 is 6.04 Å². The second-order valence-corrected chi connectivity index (χ2v) is 7.78. The summed E-state index contributed by atoms with van der Waals surface area (Å²) in [5.41, 5.74) is 1.91. The Morgan fingerprint density at radius 1 is 1.28 bits per heavy atom. The quantitative estimate of drug-likeness (QED) is 0.485. The first-order chi connectivity index (χ1) is 11.9. The van der Waals surface area contributed by atoms with Crippen LogP contribution in [0.25, 0.3) is 0 Å². The standard InChI is InChI=1S/C18H22Cl2N2O3/c19-13-2-4-15(17(20)10-13)16-3-1-12(9-18(16)22(24)25)11-21-7-5-14(23)6-8-21/h1-2,4,10,14,16,18,23H,3,5-9,11H2. The SMILES string of the molecule is O=[N+]([O-])C1CC(CN2CCC(O)CC2)=CCC1c1ccc(Cl)cc1Cl. The molecule has 5 nitrogen and oxygen atoms in total. The van der Waals surface area contributed by atoms with E-state index in [1.807, 2.05) is 0 Å². The van der Waals surface area contributed by atoms with E-state index in [9.17, 15) is 15.2 Å². The Balaban J connectivity index is 1.74. The zero-order chi connectivity index (χ0) is 18.0. The lowest BCUT2D eigenvalue weighted by Crippen LogP contribution is -2.39. The van der Waals surface area contributed by atoms with Gasteiger partial charge in [-0.1, -0.05) is 40.9 Å². The highest BCUT2D eigenvalue weighted by molar-refractivity contribution is 6.35. The number of benzene rings is 1. The van der Waals surface area contributed by atoms with Crippen LogP contribution in [0.2, 0.25) is 10.0 Å². The third-order valence-corrected chi connectivity index (χ3v) is 5.78. The third-order valence-electron chi connectivity index (χ3n) is 5.21. The van der Waals surface area contributed by atoms with Crippen molar-refractivity contribution in [1.82, 2.24) is 4.90 Å². The van der Waals surface area contributed by atoms with Crippen molar-refractivity contribution in [3.8, 4) is 0 Å². The van der Waals surface area contributed by atoms with Crippen molar-refractivity contribution in [3.05, 3.63) is 55.6 Å². The van der Waals surface area contributed by atoms with Crippen molar-refractivity contribution in [2.75, 3.05) is 19.6 Å². The Morgan fingerprint density at radius 3 is 2.64 bits per heavy atom. The van der Waals surface area contributed by atoms with Gasteiger partial charge >= 0.3 is 0 Å². The number of halogens is 2. The number of hydrogen-bond donors (Lipinski definition) is 1. The molecule has 1 saturated heterocycles. The van der Waals surface area contributed by atoms with E-state index in [1.54, 1.807) is 18.2 Å². The van der Waals surface area contributed by atoms with Crippen molar-refractivity contribution in [1.29, 1.82) is 0 Å². The van der Waals surface area contributed by atoms with Gasteiger partial charge in [-0.25, -0.2) is 0 Å². The minimum absolute atomic E-state index is 0.178. The molecular weight excluding hydrogens is 363 g/mol. The summed E-state index contributed by atoms with van der Waals surface area (Å²) >= 11 is 12.2. The lowest BCUT2D eigenvalue weighted by atomic mass is 9.80. The third kappa shape index (κ3) is 4.53. The Bertz CT molecular complexity index is 672. The molecule has 0 bridgehead atoms. The molecule has 0 radical (unpaired) electrons. The zero-order valence-electron chi connectivity index (χ0n) is 13.9. The minimum atomic E-state index is -0.672. The first-order valence-corrected chi connectivity index (χ1v) is 9.36. The second kappa shape index (κ2) is 8.04. The molecule has 136 valence electrons. The van der Waals surface area contributed by atoms with E-state index in [4.69, 9.17) is 23.2 Å². The van der Waals surface area contributed by atoms with Gasteiger partial charge in [-0.3, -0.25) is 15.0 Å². The number of rotatable bonds is 4. The van der Waals surface area contributed by atoms with Crippen LogP contribution < -0.4 is 0 Å². The fourth-order valence-electron chi connectivity index (χ4n) is 3.80. The summed E-state index contributed by atoms with van der Waals surface area (Å²) in [5, 5.41) is 22.3. The summed E-state index contributed by atoms with van der Waals surface area (Å²) in [6.07, 6.45) is 4.51. The van der Waals surface area contributed by atoms with Crippen LogP contribution in [-0.2, 0) is 0 Å². The topological polar surface area (TPSA) is 66.6 Å². The van der Waals surface area contributed by atoms with Crippen LogP contribution in [0.1, 0.15) is 37.2 Å². The van der Waals surface area contributed by atoms with E-state index in [-0.39, 0.29) is 16.9 Å². The van der Waals surface area contributed by atoms with Crippen molar-refractivity contribution in [2.24, 2.45) is 0 Å². The summed E-state index contributed by atoms with van der Waals surface area (Å²) in [4.78, 5) is 13.8. The van der Waals surface area contributed by atoms with Gasteiger partial charge < -0.3 is 5.11 Å². The molecule has 1 fully saturated rings. The molecule has 1 aromatic carbocycles. The fourth-order valence-corrected chi connectivity index (χ4v) is 4.35. The van der Waals surface area contributed by atoms with Crippen molar-refractivity contribution >= 4 is 23.2 Å².